The standard InChI is InChI=1S/C15H29NO/c1-5-16-14(13-10-8-7-9-11-13)15(12(3)4)17-6-2/h10,12,14-16H,5-9,11H2,1-4H3. The van der Waals surface area contributed by atoms with Gasteiger partial charge < -0.3 is 10.1 Å². The summed E-state index contributed by atoms with van der Waals surface area (Å²) < 4.78 is 5.97. The van der Waals surface area contributed by atoms with Crippen LogP contribution in [0.3, 0.4) is 0 Å². The minimum Gasteiger partial charge on any atom is -0.376 e. The lowest BCUT2D eigenvalue weighted by Crippen LogP contribution is -2.45. The van der Waals surface area contributed by atoms with Crippen molar-refractivity contribution >= 4 is 0 Å². The summed E-state index contributed by atoms with van der Waals surface area (Å²) in [6, 6.07) is 0.417. The van der Waals surface area contributed by atoms with E-state index in [9.17, 15) is 0 Å². The van der Waals surface area contributed by atoms with Gasteiger partial charge in [0, 0.05) is 6.61 Å². The number of nitrogens with one attached hydrogen (secondary N) is 1. The van der Waals surface area contributed by atoms with E-state index in [1.165, 1.54) is 25.7 Å². The molecule has 0 fully saturated rings. The normalized spacial score (nSPS) is 20.2. The fraction of sp³-hybridized carbons (Fsp3) is 0.867. The molecule has 0 amide bonds. The molecule has 0 bridgehead atoms. The molecule has 0 aromatic heterocycles. The lowest BCUT2D eigenvalue weighted by atomic mass is 9.87. The zero-order chi connectivity index (χ0) is 12.7. The Bertz CT molecular complexity index is 235. The van der Waals surface area contributed by atoms with Crippen LogP contribution in [0, 0.1) is 5.92 Å². The van der Waals surface area contributed by atoms with Crippen LogP contribution in [0.25, 0.3) is 0 Å². The van der Waals surface area contributed by atoms with E-state index in [1.54, 1.807) is 5.57 Å². The molecular formula is C15H29NO. The monoisotopic (exact) mass is 239 g/mol. The van der Waals surface area contributed by atoms with E-state index in [-0.39, 0.29) is 0 Å². The minimum atomic E-state index is 0.310. The highest BCUT2D eigenvalue weighted by molar-refractivity contribution is 5.16. The summed E-state index contributed by atoms with van der Waals surface area (Å²) in [5.41, 5.74) is 1.57. The highest BCUT2D eigenvalue weighted by Crippen LogP contribution is 2.25. The molecular weight excluding hydrogens is 210 g/mol. The van der Waals surface area contributed by atoms with Crippen molar-refractivity contribution < 1.29 is 4.74 Å². The van der Waals surface area contributed by atoms with Crippen LogP contribution >= 0.6 is 0 Å². The molecule has 17 heavy (non-hydrogen) atoms. The van der Waals surface area contributed by atoms with Crippen LogP contribution in [0.5, 0.6) is 0 Å². The molecule has 1 aliphatic carbocycles. The molecule has 2 nitrogen and oxygen atoms in total. The molecule has 0 radical (unpaired) electrons. The van der Waals surface area contributed by atoms with Crippen molar-refractivity contribution in [3.05, 3.63) is 11.6 Å². The second-order valence-corrected chi connectivity index (χ2v) is 5.22. The summed E-state index contributed by atoms with van der Waals surface area (Å²) in [6.45, 7) is 10.6. The maximum atomic E-state index is 5.97. The molecule has 0 saturated carbocycles. The number of allylic oxidation sites excluding steroid dienone is 1. The summed E-state index contributed by atoms with van der Waals surface area (Å²) in [5.74, 6) is 0.557. The SMILES string of the molecule is CCNC(C1=CCCCC1)C(OCC)C(C)C. The van der Waals surface area contributed by atoms with Gasteiger partial charge in [0.2, 0.25) is 0 Å². The zero-order valence-electron chi connectivity index (χ0n) is 12.0. The third-order valence-corrected chi connectivity index (χ3v) is 3.49. The highest BCUT2D eigenvalue weighted by Gasteiger charge is 2.27. The first-order valence-electron chi connectivity index (χ1n) is 7.24. The third kappa shape index (κ3) is 4.44. The summed E-state index contributed by atoms with van der Waals surface area (Å²) in [4.78, 5) is 0. The first-order valence-corrected chi connectivity index (χ1v) is 7.24. The molecule has 0 heterocycles. The van der Waals surface area contributed by atoms with Gasteiger partial charge in [-0.2, -0.15) is 0 Å². The first-order chi connectivity index (χ1) is 8.20. The van der Waals surface area contributed by atoms with Crippen molar-refractivity contribution in [1.29, 1.82) is 0 Å². The Balaban J connectivity index is 2.76. The maximum Gasteiger partial charge on any atom is 0.0789 e. The maximum absolute atomic E-state index is 5.97. The second kappa shape index (κ2) is 7.88. The van der Waals surface area contributed by atoms with Crippen molar-refractivity contribution in [2.24, 2.45) is 5.92 Å². The predicted octanol–water partition coefficient (Wildman–Crippen LogP) is 3.53. The van der Waals surface area contributed by atoms with E-state index in [2.05, 4.69) is 39.1 Å². The van der Waals surface area contributed by atoms with E-state index >= 15 is 0 Å². The Hall–Kier alpha value is -0.340. The molecule has 0 saturated heterocycles. The molecule has 0 spiro atoms. The Morgan fingerprint density at radius 2 is 2.06 bits per heavy atom. The topological polar surface area (TPSA) is 21.3 Å². The molecule has 1 rings (SSSR count). The number of likely N-dealkylation sites (N-methyl/N-ethyl adjacent to an activating group) is 1. The van der Waals surface area contributed by atoms with Gasteiger partial charge in [0.1, 0.15) is 0 Å². The van der Waals surface area contributed by atoms with Gasteiger partial charge in [-0.3, -0.25) is 0 Å². The number of ether oxygens (including phenoxy) is 1. The fourth-order valence-electron chi connectivity index (χ4n) is 2.69. The predicted molar refractivity (Wildman–Crippen MR) is 74.3 cm³/mol. The Morgan fingerprint density at radius 3 is 2.53 bits per heavy atom. The van der Waals surface area contributed by atoms with Crippen molar-refractivity contribution in [3.8, 4) is 0 Å². The molecule has 2 heteroatoms. The van der Waals surface area contributed by atoms with E-state index in [0.717, 1.165) is 13.2 Å². The van der Waals surface area contributed by atoms with E-state index < -0.39 is 0 Å². The molecule has 0 aliphatic heterocycles. The number of hydrogen-bond donors (Lipinski definition) is 1. The third-order valence-electron chi connectivity index (χ3n) is 3.49. The minimum absolute atomic E-state index is 0.310. The first kappa shape index (κ1) is 14.7. The number of hydrogen-bond acceptors (Lipinski definition) is 2. The summed E-state index contributed by atoms with van der Waals surface area (Å²) in [7, 11) is 0. The van der Waals surface area contributed by atoms with Gasteiger partial charge in [0.05, 0.1) is 12.1 Å². The lowest BCUT2D eigenvalue weighted by Gasteiger charge is -2.33. The van der Waals surface area contributed by atoms with Crippen molar-refractivity contribution in [2.75, 3.05) is 13.2 Å². The van der Waals surface area contributed by atoms with Crippen LogP contribution in [0.4, 0.5) is 0 Å². The molecule has 2 unspecified atom stereocenters. The largest absolute Gasteiger partial charge is 0.376 e. The van der Waals surface area contributed by atoms with Gasteiger partial charge in [-0.1, -0.05) is 32.4 Å². The van der Waals surface area contributed by atoms with Crippen LogP contribution in [-0.4, -0.2) is 25.3 Å². The van der Waals surface area contributed by atoms with E-state index in [0.29, 0.717) is 18.1 Å². The van der Waals surface area contributed by atoms with Gasteiger partial charge >= 0.3 is 0 Å². The fourth-order valence-corrected chi connectivity index (χ4v) is 2.69. The highest BCUT2D eigenvalue weighted by atomic mass is 16.5. The van der Waals surface area contributed by atoms with Crippen LogP contribution in [0.2, 0.25) is 0 Å². The van der Waals surface area contributed by atoms with Gasteiger partial charge in [0.15, 0.2) is 0 Å². The van der Waals surface area contributed by atoms with Gasteiger partial charge in [-0.05, 0) is 45.1 Å². The van der Waals surface area contributed by atoms with Gasteiger partial charge in [-0.15, -0.1) is 0 Å². The van der Waals surface area contributed by atoms with Crippen molar-refractivity contribution in [3.63, 3.8) is 0 Å². The Morgan fingerprint density at radius 1 is 1.29 bits per heavy atom. The Kier molecular flexibility index (Phi) is 6.83. The van der Waals surface area contributed by atoms with Crippen LogP contribution < -0.4 is 5.32 Å². The second-order valence-electron chi connectivity index (χ2n) is 5.22. The summed E-state index contributed by atoms with van der Waals surface area (Å²) in [6.07, 6.45) is 7.92. The molecule has 0 aromatic carbocycles. The number of rotatable bonds is 7. The molecule has 1 aliphatic rings. The average Bonchev–Trinajstić information content (AvgIpc) is 2.34. The van der Waals surface area contributed by atoms with Crippen molar-refractivity contribution in [2.45, 2.75) is 65.5 Å². The van der Waals surface area contributed by atoms with Gasteiger partial charge in [-0.25, -0.2) is 0 Å². The van der Waals surface area contributed by atoms with E-state index in [4.69, 9.17) is 4.74 Å². The molecule has 1 N–H and O–H groups in total. The average molecular weight is 239 g/mol. The Labute approximate surface area is 107 Å². The molecule has 2 atom stereocenters. The van der Waals surface area contributed by atoms with Crippen LogP contribution in [0.1, 0.15) is 53.4 Å². The smallest absolute Gasteiger partial charge is 0.0789 e. The molecule has 0 aromatic rings. The van der Waals surface area contributed by atoms with E-state index in [1.807, 2.05) is 0 Å². The quantitative estimate of drug-likeness (QED) is 0.686. The summed E-state index contributed by atoms with van der Waals surface area (Å²) in [5, 5.41) is 3.63. The van der Waals surface area contributed by atoms with Crippen LogP contribution in [-0.2, 0) is 4.74 Å². The summed E-state index contributed by atoms with van der Waals surface area (Å²) >= 11 is 0. The zero-order valence-corrected chi connectivity index (χ0v) is 12.0. The van der Waals surface area contributed by atoms with Crippen LogP contribution in [0.15, 0.2) is 11.6 Å². The lowest BCUT2D eigenvalue weighted by molar-refractivity contribution is 0.0113. The molecule has 100 valence electrons. The van der Waals surface area contributed by atoms with Crippen molar-refractivity contribution in [1.82, 2.24) is 5.32 Å². The van der Waals surface area contributed by atoms with Gasteiger partial charge in [0.25, 0.3) is 0 Å².